The van der Waals surface area contributed by atoms with Crippen molar-refractivity contribution < 1.29 is 99.4 Å². The van der Waals surface area contributed by atoms with Gasteiger partial charge in [-0.1, -0.05) is 45.0 Å². The first-order chi connectivity index (χ1) is 44.5. The normalized spacial score (nSPS) is 24.7. The Morgan fingerprint density at radius 3 is 2.16 bits per heavy atom. The molecule has 1 aromatic carbocycles. The maximum atomic E-state index is 16.5. The Hall–Kier alpha value is -7.81. The van der Waals surface area contributed by atoms with Gasteiger partial charge < -0.3 is 85.7 Å². The van der Waals surface area contributed by atoms with Crippen molar-refractivity contribution >= 4 is 119 Å². The zero-order chi connectivity index (χ0) is 68.3. The number of nitrogens with one attached hydrogen (secondary N) is 4. The van der Waals surface area contributed by atoms with Gasteiger partial charge in [0.1, 0.15) is 55.3 Å². The van der Waals surface area contributed by atoms with Gasteiger partial charge in [0.2, 0.25) is 17.8 Å². The summed E-state index contributed by atoms with van der Waals surface area (Å²) in [4.78, 5) is 162. The fourth-order valence-corrected chi connectivity index (χ4v) is 13.0. The number of anilines is 2. The molecule has 3 aliphatic heterocycles. The van der Waals surface area contributed by atoms with Crippen molar-refractivity contribution in [2.45, 2.75) is 121 Å². The molecule has 41 heteroatoms. The van der Waals surface area contributed by atoms with Crippen molar-refractivity contribution in [1.82, 2.24) is 59.9 Å². The van der Waals surface area contributed by atoms with E-state index in [-0.39, 0.29) is 111 Å². The number of rotatable bonds is 26. The SMILES string of the molecule is CC(CC(=O)NCCC(=O)C[C@H](C(=O)N[C@@H](CCCNC(N)=O)C(=O)Cc1ccc(COC(=O)N(C)CCOC(=O)O[C@@H]2[C@@H]3OP(O)(=S)OC[C@H]4O[C@@H](n5cnc6c(N)ncnc65)[C@H](F)[C@@H]4OP(O)(=S)OC[C@H]3O[C@H]2n2cnc3c(=O)[nH]c(N)nc32)cc1)C(C)C)C(=O)O. The van der Waals surface area contributed by atoms with Gasteiger partial charge in [0.25, 0.3) is 5.56 Å². The molecule has 13 atom stereocenters. The van der Waals surface area contributed by atoms with E-state index in [0.29, 0.717) is 11.1 Å². The molecule has 3 fully saturated rings. The minimum absolute atomic E-state index is 0.00734. The number of H-pyrrole nitrogens is 1. The van der Waals surface area contributed by atoms with E-state index in [1.807, 2.05) is 0 Å². The number of alkyl halides is 1. The zero-order valence-electron chi connectivity index (χ0n) is 50.8. The summed E-state index contributed by atoms with van der Waals surface area (Å²) in [6.45, 7) is -6.72. The number of nitrogens with zero attached hydrogens (tertiary/aromatic N) is 8. The third kappa shape index (κ3) is 18.8. The van der Waals surface area contributed by atoms with E-state index >= 15 is 4.39 Å². The molecule has 5 aromatic rings. The maximum absolute atomic E-state index is 16.5. The Morgan fingerprint density at radius 1 is 0.851 bits per heavy atom. The summed E-state index contributed by atoms with van der Waals surface area (Å²) in [6, 6.07) is 4.62. The number of Topliss-reactive ketones (excluding diaryl/α,β-unsaturated/α-hetero) is 2. The molecule has 3 unspecified atom stereocenters. The van der Waals surface area contributed by atoms with E-state index in [4.69, 9.17) is 87.7 Å². The Labute approximate surface area is 543 Å². The van der Waals surface area contributed by atoms with Crippen LogP contribution in [-0.4, -0.2) is 196 Å². The Balaban J connectivity index is 0.867. The molecule has 512 valence electrons. The number of primary amides is 1. The number of halogens is 1. The lowest BCUT2D eigenvalue weighted by atomic mass is 9.88. The van der Waals surface area contributed by atoms with Gasteiger partial charge in [-0.15, -0.1) is 0 Å². The van der Waals surface area contributed by atoms with Crippen molar-refractivity contribution in [3.63, 3.8) is 0 Å². The largest absolute Gasteiger partial charge is 0.508 e. The topological polar surface area (TPSA) is 505 Å². The highest BCUT2D eigenvalue weighted by atomic mass is 32.5. The molecule has 36 nitrogen and oxygen atoms in total. The van der Waals surface area contributed by atoms with Gasteiger partial charge in [-0.2, -0.15) is 4.98 Å². The van der Waals surface area contributed by atoms with Crippen molar-refractivity contribution in [3.8, 4) is 0 Å². The minimum atomic E-state index is -4.56. The first kappa shape index (κ1) is 72.0. The quantitative estimate of drug-likeness (QED) is 0.0211. The van der Waals surface area contributed by atoms with Gasteiger partial charge in [0.15, 0.2) is 53.1 Å². The lowest BCUT2D eigenvalue weighted by molar-refractivity contribution is -0.143. The van der Waals surface area contributed by atoms with E-state index in [1.54, 1.807) is 38.1 Å². The fourth-order valence-electron chi connectivity index (χ4n) is 10.1. The number of fused-ring (bicyclic) bond motifs is 4. The molecular formula is C53H70FN15O21P2S2. The maximum Gasteiger partial charge on any atom is 0.508 e. The van der Waals surface area contributed by atoms with Gasteiger partial charge in [0, 0.05) is 51.7 Å². The molecule has 0 aliphatic carbocycles. The predicted octanol–water partition coefficient (Wildman–Crippen LogP) is 1.19. The summed E-state index contributed by atoms with van der Waals surface area (Å²) in [5.41, 5.74) is 17.1. The number of aliphatic carboxylic acids is 1. The van der Waals surface area contributed by atoms with Crippen LogP contribution in [0.1, 0.15) is 76.5 Å². The number of nitrogens with two attached hydrogens (primary N) is 3. The molecule has 7 heterocycles. The Morgan fingerprint density at radius 2 is 1.49 bits per heavy atom. The van der Waals surface area contributed by atoms with Gasteiger partial charge in [-0.05, 0) is 53.5 Å². The summed E-state index contributed by atoms with van der Waals surface area (Å²) < 4.78 is 70.8. The molecular weight excluding hydrogens is 1330 g/mol. The van der Waals surface area contributed by atoms with E-state index in [2.05, 4.69) is 45.9 Å². The van der Waals surface area contributed by atoms with Crippen LogP contribution in [0.2, 0.25) is 0 Å². The molecule has 0 spiro atoms. The molecule has 0 bridgehead atoms. The molecule has 0 radical (unpaired) electrons. The summed E-state index contributed by atoms with van der Waals surface area (Å²) >= 11 is 10.8. The summed E-state index contributed by atoms with van der Waals surface area (Å²) in [7, 11) is 1.34. The number of carbonyl (C=O) groups is 8. The van der Waals surface area contributed by atoms with Crippen LogP contribution in [0.15, 0.2) is 48.0 Å². The first-order valence-corrected chi connectivity index (χ1v) is 34.2. The molecule has 3 aliphatic rings. The van der Waals surface area contributed by atoms with Crippen molar-refractivity contribution in [2.75, 3.05) is 58.0 Å². The first-order valence-electron chi connectivity index (χ1n) is 29.1. The predicted molar refractivity (Wildman–Crippen MR) is 330 cm³/mol. The number of aromatic nitrogens is 8. The third-order valence-electron chi connectivity index (χ3n) is 15.1. The molecule has 3 saturated heterocycles. The average molecular weight is 1400 g/mol. The number of hydrogen-bond donors (Lipinski definition) is 10. The van der Waals surface area contributed by atoms with Gasteiger partial charge in [-0.3, -0.25) is 51.9 Å². The number of likely N-dealkylation sites (N-methyl/N-ethyl adjacent to an activating group) is 1. The average Bonchev–Trinajstić information content (AvgIpc) is 1.62. The molecule has 5 amide bonds. The number of ether oxygens (including phenoxy) is 5. The fraction of sp³-hybridized carbons (Fsp3) is 0.547. The lowest BCUT2D eigenvalue weighted by Crippen LogP contribution is -2.46. The molecule has 0 saturated carbocycles. The second-order valence-corrected chi connectivity index (χ2v) is 27.9. The second-order valence-electron chi connectivity index (χ2n) is 22.3. The van der Waals surface area contributed by atoms with Crippen LogP contribution in [0.25, 0.3) is 22.3 Å². The Bertz CT molecular complexity index is 3780. The summed E-state index contributed by atoms with van der Waals surface area (Å²) in [5.74, 6) is -5.42. The van der Waals surface area contributed by atoms with Crippen LogP contribution in [0.5, 0.6) is 0 Å². The van der Waals surface area contributed by atoms with Crippen LogP contribution in [0, 0.1) is 17.8 Å². The summed E-state index contributed by atoms with van der Waals surface area (Å²) in [6.07, 6.45) is -12.7. The highest BCUT2D eigenvalue weighted by Crippen LogP contribution is 2.55. The molecule has 13 N–H and O–H groups in total. The minimum Gasteiger partial charge on any atom is -0.481 e. The number of urea groups is 1. The van der Waals surface area contributed by atoms with Gasteiger partial charge in [-0.25, -0.2) is 38.7 Å². The number of aromatic amines is 1. The third-order valence-corrected chi connectivity index (χ3v) is 18.2. The monoisotopic (exact) mass is 1400 g/mol. The van der Waals surface area contributed by atoms with Gasteiger partial charge in [0.05, 0.1) is 44.4 Å². The lowest BCUT2D eigenvalue weighted by Gasteiger charge is -2.30. The summed E-state index contributed by atoms with van der Waals surface area (Å²) in [5, 5.41) is 16.8. The van der Waals surface area contributed by atoms with Crippen LogP contribution in [0.4, 0.5) is 30.5 Å². The van der Waals surface area contributed by atoms with Crippen LogP contribution < -0.4 is 38.7 Å². The second kappa shape index (κ2) is 31.6. The number of imidazole rings is 2. The van der Waals surface area contributed by atoms with Gasteiger partial charge >= 0.3 is 37.7 Å². The number of carboxylic acid groups (broad SMARTS) is 1. The number of benzene rings is 1. The van der Waals surface area contributed by atoms with Crippen LogP contribution in [0.3, 0.4) is 0 Å². The number of hydrogen-bond acceptors (Lipinski definition) is 27. The number of ketones is 2. The smallest absolute Gasteiger partial charge is 0.481 e. The number of nitrogen functional groups attached to an aromatic ring is 2. The molecule has 8 rings (SSSR count). The van der Waals surface area contributed by atoms with E-state index < -0.39 is 148 Å². The Kier molecular flexibility index (Phi) is 24.2. The van der Waals surface area contributed by atoms with E-state index in [1.165, 1.54) is 24.9 Å². The van der Waals surface area contributed by atoms with Crippen molar-refractivity contribution in [2.24, 2.45) is 23.5 Å². The number of carbonyl (C=O) groups excluding carboxylic acids is 7. The van der Waals surface area contributed by atoms with Crippen LogP contribution >= 0.6 is 13.4 Å². The number of carboxylic acids is 1. The van der Waals surface area contributed by atoms with E-state index in [9.17, 15) is 52.9 Å². The molecule has 4 aromatic heterocycles. The van der Waals surface area contributed by atoms with Crippen LogP contribution in [-0.2, 0) is 102 Å². The zero-order valence-corrected chi connectivity index (χ0v) is 54.2. The van der Waals surface area contributed by atoms with Crippen molar-refractivity contribution in [3.05, 3.63) is 64.7 Å². The molecule has 94 heavy (non-hydrogen) atoms. The van der Waals surface area contributed by atoms with Crippen molar-refractivity contribution in [1.29, 1.82) is 0 Å². The number of amides is 5. The highest BCUT2D eigenvalue weighted by molar-refractivity contribution is 8.07. The highest BCUT2D eigenvalue weighted by Gasteiger charge is 2.55. The van der Waals surface area contributed by atoms with E-state index in [0.717, 1.165) is 22.1 Å². The standard InChI is InChI=1S/C53H70FN15O21P2S2/c1-25(2)30(18-29(70)11-13-58-35(72)16-26(3)49(75)76)45(73)64-31(6-5-12-59-51(57)77)32(71)17-27-7-9-28(10-8-27)19-83-52(78)67(4)14-15-82-53(79)88-41-40-34(87-48(41)69-24-63-38-44(69)65-50(56)66-46(38)74)21-85-91(80,93)89-39-33(20-84-92(81,94)90-40)86-47(36(39)54)68-23-62-37-42(55)60-22-61-43(37)68/h7-10,22-26,30-31,33-34,36,39-41,47-48H,5-6,11-21H2,1-4H3,(H,58,72)(H,64,73)(H,75,76)(H,80,93)(H,81,94)(H2,55,60,61)(H3,57,59,77)(H3,56,65,66,74)/t26?,30-,31-,33+,34+,36+,39+,40+,41+,47+,48+,91?,92?/m0/s1.